The Bertz CT molecular complexity index is 1160. The molecule has 3 heterocycles. The first-order chi connectivity index (χ1) is 17.5. The van der Waals surface area contributed by atoms with Gasteiger partial charge in [-0.1, -0.05) is 19.3 Å². The van der Waals surface area contributed by atoms with Gasteiger partial charge >= 0.3 is 12.2 Å². The van der Waals surface area contributed by atoms with Gasteiger partial charge in [-0.25, -0.2) is 9.78 Å². The maximum atomic E-state index is 13.9. The first kappa shape index (κ1) is 26.4. The standard InChI is InChI=1S/C24H30F3N7O3/c1-32-11-9-18(31-32)33(2)22(36)19-16(12-14-8-10-29-17(28)13-14)21(35)34(19)23(37)30-20(24(25,26)27)15-6-4-3-5-7-15/h8-11,13,15-16,19-20H,3-7,12H2,1-2H3,(H2,28,29)(H,30,37)/t16-,19+,20?/m1/s1. The van der Waals surface area contributed by atoms with Crippen molar-refractivity contribution in [3.63, 3.8) is 0 Å². The first-order valence-electron chi connectivity index (χ1n) is 12.1. The topological polar surface area (TPSA) is 126 Å². The number of carbonyl (C=O) groups excluding carboxylic acids is 3. The smallest absolute Gasteiger partial charge is 0.384 e. The number of hydrogen-bond donors (Lipinski definition) is 2. The summed E-state index contributed by atoms with van der Waals surface area (Å²) in [6, 6.07) is 0.105. The zero-order valence-corrected chi connectivity index (χ0v) is 20.6. The Hall–Kier alpha value is -3.64. The molecule has 3 atom stereocenters. The van der Waals surface area contributed by atoms with Gasteiger partial charge in [-0.15, -0.1) is 0 Å². The number of rotatable bonds is 6. The fourth-order valence-corrected chi connectivity index (χ4v) is 5.16. The molecule has 3 N–H and O–H groups in total. The predicted molar refractivity (Wildman–Crippen MR) is 128 cm³/mol. The van der Waals surface area contributed by atoms with Gasteiger partial charge in [0.05, 0.1) is 5.92 Å². The van der Waals surface area contributed by atoms with Crippen molar-refractivity contribution >= 4 is 29.5 Å². The number of nitrogens with zero attached hydrogens (tertiary/aromatic N) is 5. The number of pyridine rings is 1. The van der Waals surface area contributed by atoms with Crippen LogP contribution in [0.3, 0.4) is 0 Å². The zero-order valence-electron chi connectivity index (χ0n) is 20.6. The van der Waals surface area contributed by atoms with E-state index < -0.39 is 47.9 Å². The number of β-lactam (4-membered cyclic amide) rings is 1. The molecule has 37 heavy (non-hydrogen) atoms. The molecule has 1 saturated heterocycles. The highest BCUT2D eigenvalue weighted by molar-refractivity contribution is 6.12. The SMILES string of the molecule is CN(C(=O)[C@@H]1[C@@H](Cc2ccnc(N)c2)C(=O)N1C(=O)NC(C1CCCCC1)C(F)(F)F)c1ccn(C)n1. The highest BCUT2D eigenvalue weighted by atomic mass is 19.4. The lowest BCUT2D eigenvalue weighted by atomic mass is 9.81. The van der Waals surface area contributed by atoms with Crippen molar-refractivity contribution in [1.82, 2.24) is 25.0 Å². The van der Waals surface area contributed by atoms with Crippen molar-refractivity contribution in [1.29, 1.82) is 0 Å². The molecule has 1 saturated carbocycles. The average molecular weight is 522 g/mol. The van der Waals surface area contributed by atoms with E-state index in [-0.39, 0.29) is 18.1 Å². The van der Waals surface area contributed by atoms with Crippen LogP contribution in [0.15, 0.2) is 30.6 Å². The maximum absolute atomic E-state index is 13.9. The molecule has 2 fully saturated rings. The molecule has 1 aliphatic carbocycles. The second-order valence-electron chi connectivity index (χ2n) is 9.66. The van der Waals surface area contributed by atoms with Crippen LogP contribution >= 0.6 is 0 Å². The summed E-state index contributed by atoms with van der Waals surface area (Å²) in [5, 5.41) is 6.21. The number of amides is 4. The molecule has 2 aromatic heterocycles. The first-order valence-corrected chi connectivity index (χ1v) is 12.1. The molecule has 2 aromatic rings. The Morgan fingerprint density at radius 1 is 1.24 bits per heavy atom. The van der Waals surface area contributed by atoms with E-state index in [9.17, 15) is 27.6 Å². The number of anilines is 2. The van der Waals surface area contributed by atoms with Gasteiger partial charge in [-0.3, -0.25) is 24.1 Å². The number of alkyl halides is 3. The van der Waals surface area contributed by atoms with E-state index in [0.717, 1.165) is 6.42 Å². The number of imide groups is 1. The molecule has 0 bridgehead atoms. The largest absolute Gasteiger partial charge is 0.408 e. The van der Waals surface area contributed by atoms with E-state index in [4.69, 9.17) is 5.73 Å². The van der Waals surface area contributed by atoms with Crippen LogP contribution in [0.4, 0.5) is 29.6 Å². The Kier molecular flexibility index (Phi) is 7.42. The monoisotopic (exact) mass is 521 g/mol. The molecule has 0 aromatic carbocycles. The lowest BCUT2D eigenvalue weighted by Gasteiger charge is -2.46. The number of aryl methyl sites for hydroxylation is 1. The molecule has 4 amide bonds. The molecule has 200 valence electrons. The van der Waals surface area contributed by atoms with Crippen LogP contribution in [-0.2, 0) is 23.1 Å². The summed E-state index contributed by atoms with van der Waals surface area (Å²) in [6.45, 7) is 0. The van der Waals surface area contributed by atoms with Gasteiger partial charge in [0, 0.05) is 32.6 Å². The molecule has 2 aliphatic rings. The van der Waals surface area contributed by atoms with Crippen LogP contribution in [0.5, 0.6) is 0 Å². The van der Waals surface area contributed by atoms with Crippen molar-refractivity contribution in [2.24, 2.45) is 18.9 Å². The van der Waals surface area contributed by atoms with Gasteiger partial charge in [-0.2, -0.15) is 18.3 Å². The minimum absolute atomic E-state index is 0.0626. The molecule has 4 rings (SSSR count). The van der Waals surface area contributed by atoms with Crippen LogP contribution in [0, 0.1) is 11.8 Å². The van der Waals surface area contributed by atoms with Crippen molar-refractivity contribution in [2.75, 3.05) is 17.7 Å². The Morgan fingerprint density at radius 3 is 2.54 bits per heavy atom. The molecule has 0 radical (unpaired) electrons. The average Bonchev–Trinajstić information content (AvgIpc) is 3.29. The van der Waals surface area contributed by atoms with Gasteiger partial charge in [0.2, 0.25) is 5.91 Å². The summed E-state index contributed by atoms with van der Waals surface area (Å²) >= 11 is 0. The third-order valence-electron chi connectivity index (χ3n) is 7.11. The van der Waals surface area contributed by atoms with E-state index in [0.29, 0.717) is 36.1 Å². The van der Waals surface area contributed by atoms with E-state index in [1.807, 2.05) is 5.32 Å². The lowest BCUT2D eigenvalue weighted by molar-refractivity contribution is -0.170. The lowest BCUT2D eigenvalue weighted by Crippen LogP contribution is -2.71. The normalized spacial score (nSPS) is 21.3. The third kappa shape index (κ3) is 5.54. The number of hydrogen-bond acceptors (Lipinski definition) is 6. The van der Waals surface area contributed by atoms with Gasteiger partial charge in [0.15, 0.2) is 5.82 Å². The van der Waals surface area contributed by atoms with E-state index in [2.05, 4.69) is 10.1 Å². The highest BCUT2D eigenvalue weighted by Crippen LogP contribution is 2.37. The molecule has 13 heteroatoms. The predicted octanol–water partition coefficient (Wildman–Crippen LogP) is 2.65. The van der Waals surface area contributed by atoms with Gasteiger partial charge in [0.1, 0.15) is 17.9 Å². The van der Waals surface area contributed by atoms with E-state index in [1.54, 1.807) is 31.4 Å². The number of halogens is 3. The van der Waals surface area contributed by atoms with Crippen LogP contribution in [0.1, 0.15) is 37.7 Å². The summed E-state index contributed by atoms with van der Waals surface area (Å²) in [6.07, 6.45) is 1.22. The number of urea groups is 1. The van der Waals surface area contributed by atoms with Gasteiger partial charge in [-0.05, 0) is 42.9 Å². The quantitative estimate of drug-likeness (QED) is 0.563. The van der Waals surface area contributed by atoms with Gasteiger partial charge in [0.25, 0.3) is 5.91 Å². The molecule has 0 spiro atoms. The Morgan fingerprint density at radius 2 is 1.95 bits per heavy atom. The van der Waals surface area contributed by atoms with Crippen molar-refractivity contribution in [2.45, 2.75) is 56.8 Å². The number of nitrogen functional groups attached to an aromatic ring is 1. The third-order valence-corrected chi connectivity index (χ3v) is 7.11. The molecule has 1 aliphatic heterocycles. The fourth-order valence-electron chi connectivity index (χ4n) is 5.16. The van der Waals surface area contributed by atoms with Crippen molar-refractivity contribution < 1.29 is 27.6 Å². The number of nitrogens with one attached hydrogen (secondary N) is 1. The number of likely N-dealkylation sites (tertiary alicyclic amines) is 1. The minimum Gasteiger partial charge on any atom is -0.384 e. The van der Waals surface area contributed by atoms with Crippen LogP contribution < -0.4 is 16.0 Å². The zero-order chi connectivity index (χ0) is 26.9. The summed E-state index contributed by atoms with van der Waals surface area (Å²) in [4.78, 5) is 45.5. The number of carbonyl (C=O) groups is 3. The van der Waals surface area contributed by atoms with Crippen LogP contribution in [0.2, 0.25) is 0 Å². The van der Waals surface area contributed by atoms with Crippen LogP contribution in [-0.4, -0.2) is 62.8 Å². The summed E-state index contributed by atoms with van der Waals surface area (Å²) < 4.78 is 43.3. The maximum Gasteiger partial charge on any atom is 0.408 e. The van der Waals surface area contributed by atoms with E-state index >= 15 is 0 Å². The number of nitrogens with two attached hydrogens (primary N) is 1. The summed E-state index contributed by atoms with van der Waals surface area (Å²) in [5.41, 5.74) is 6.34. The Balaban J connectivity index is 1.59. The number of aromatic nitrogens is 3. The second kappa shape index (κ2) is 10.4. The second-order valence-corrected chi connectivity index (χ2v) is 9.66. The number of likely N-dealkylation sites (N-methyl/N-ethyl adjacent to an activating group) is 1. The highest BCUT2D eigenvalue weighted by Gasteiger charge is 2.57. The van der Waals surface area contributed by atoms with Gasteiger partial charge < -0.3 is 11.1 Å². The van der Waals surface area contributed by atoms with Crippen molar-refractivity contribution in [3.05, 3.63) is 36.2 Å². The van der Waals surface area contributed by atoms with E-state index in [1.165, 1.54) is 22.8 Å². The summed E-state index contributed by atoms with van der Waals surface area (Å²) in [5.74, 6) is -2.63. The van der Waals surface area contributed by atoms with Crippen LogP contribution in [0.25, 0.3) is 0 Å². The fraction of sp³-hybridized carbons (Fsp3) is 0.542. The molecular formula is C24H30F3N7O3. The van der Waals surface area contributed by atoms with Crippen molar-refractivity contribution in [3.8, 4) is 0 Å². The molecular weight excluding hydrogens is 491 g/mol. The summed E-state index contributed by atoms with van der Waals surface area (Å²) in [7, 11) is 3.10. The molecule has 10 nitrogen and oxygen atoms in total. The molecule has 1 unspecified atom stereocenters. The Labute approximate surface area is 212 Å². The minimum atomic E-state index is -4.69.